The first-order chi connectivity index (χ1) is 9.63. The van der Waals surface area contributed by atoms with E-state index in [0.717, 1.165) is 17.8 Å². The van der Waals surface area contributed by atoms with E-state index in [1.54, 1.807) is 0 Å². The summed E-state index contributed by atoms with van der Waals surface area (Å²) in [5, 5.41) is 6.10. The summed E-state index contributed by atoms with van der Waals surface area (Å²) in [6.07, 6.45) is 1.93. The van der Waals surface area contributed by atoms with Crippen molar-refractivity contribution < 1.29 is 4.79 Å². The molecule has 4 heteroatoms. The molecule has 1 aromatic carbocycles. The van der Waals surface area contributed by atoms with Gasteiger partial charge in [0, 0.05) is 24.5 Å². The van der Waals surface area contributed by atoms with Gasteiger partial charge in [0.1, 0.15) is 5.69 Å². The Kier molecular flexibility index (Phi) is 4.58. The number of benzene rings is 1. The van der Waals surface area contributed by atoms with Crippen LogP contribution >= 0.6 is 0 Å². The van der Waals surface area contributed by atoms with Gasteiger partial charge in [-0.05, 0) is 44.7 Å². The predicted molar refractivity (Wildman–Crippen MR) is 82.0 cm³/mol. The second-order valence-electron chi connectivity index (χ2n) is 5.04. The topological polar surface area (TPSA) is 46.1 Å². The number of rotatable bonds is 5. The van der Waals surface area contributed by atoms with Crippen LogP contribution in [-0.2, 0) is 6.54 Å². The quantitative estimate of drug-likeness (QED) is 0.878. The summed E-state index contributed by atoms with van der Waals surface area (Å²) < 4.78 is 1.97. The molecule has 20 heavy (non-hydrogen) atoms. The van der Waals surface area contributed by atoms with Crippen LogP contribution in [0.25, 0.3) is 0 Å². The molecule has 0 saturated heterocycles. The maximum absolute atomic E-state index is 12.4. The normalized spacial score (nSPS) is 10.8. The molecule has 0 atom stereocenters. The lowest BCUT2D eigenvalue weighted by molar-refractivity contribution is 0.101. The number of hydrogen-bond donors (Lipinski definition) is 2. The standard InChI is InChI=1S/C16H21N3O/c1-12(2)19-10-6-9-15(19)16(20)18-14-8-5-4-7-13(14)11-17-3/h4-10,12,17H,11H2,1-3H3,(H,18,20). The van der Waals surface area contributed by atoms with Gasteiger partial charge in [0.2, 0.25) is 0 Å². The maximum Gasteiger partial charge on any atom is 0.272 e. The Hall–Kier alpha value is -2.07. The Labute approximate surface area is 119 Å². The summed E-state index contributed by atoms with van der Waals surface area (Å²) in [5.74, 6) is -0.0766. The van der Waals surface area contributed by atoms with Gasteiger partial charge in [-0.2, -0.15) is 0 Å². The van der Waals surface area contributed by atoms with Crippen LogP contribution in [0, 0.1) is 0 Å². The number of para-hydroxylation sites is 1. The fourth-order valence-electron chi connectivity index (χ4n) is 2.21. The third kappa shape index (κ3) is 3.08. The fourth-order valence-corrected chi connectivity index (χ4v) is 2.21. The van der Waals surface area contributed by atoms with Crippen molar-refractivity contribution in [3.63, 3.8) is 0 Å². The second kappa shape index (κ2) is 6.39. The first-order valence-electron chi connectivity index (χ1n) is 6.84. The Balaban J connectivity index is 2.21. The van der Waals surface area contributed by atoms with Crippen LogP contribution in [0.3, 0.4) is 0 Å². The number of anilines is 1. The number of aromatic nitrogens is 1. The highest BCUT2D eigenvalue weighted by molar-refractivity contribution is 6.03. The summed E-state index contributed by atoms with van der Waals surface area (Å²) >= 11 is 0. The van der Waals surface area contributed by atoms with E-state index in [2.05, 4.69) is 24.5 Å². The van der Waals surface area contributed by atoms with Crippen LogP contribution in [0.1, 0.15) is 35.9 Å². The Bertz CT molecular complexity index is 587. The molecule has 2 aromatic rings. The largest absolute Gasteiger partial charge is 0.341 e. The molecule has 1 amide bonds. The average molecular weight is 271 g/mol. The summed E-state index contributed by atoms with van der Waals surface area (Å²) in [6, 6.07) is 11.8. The van der Waals surface area contributed by atoms with Gasteiger partial charge in [-0.1, -0.05) is 18.2 Å². The molecule has 1 heterocycles. The molecule has 0 aliphatic heterocycles. The van der Waals surface area contributed by atoms with Crippen LogP contribution in [0.5, 0.6) is 0 Å². The summed E-state index contributed by atoms with van der Waals surface area (Å²) in [6.45, 7) is 4.85. The zero-order chi connectivity index (χ0) is 14.5. The average Bonchev–Trinajstić information content (AvgIpc) is 2.91. The van der Waals surface area contributed by atoms with Crippen molar-refractivity contribution in [3.05, 3.63) is 53.9 Å². The van der Waals surface area contributed by atoms with E-state index in [4.69, 9.17) is 0 Å². The van der Waals surface area contributed by atoms with Gasteiger partial charge in [0.15, 0.2) is 0 Å². The van der Waals surface area contributed by atoms with E-state index in [9.17, 15) is 4.79 Å². The zero-order valence-corrected chi connectivity index (χ0v) is 12.2. The highest BCUT2D eigenvalue weighted by atomic mass is 16.1. The molecular weight excluding hydrogens is 250 g/mol. The van der Waals surface area contributed by atoms with Gasteiger partial charge in [-0.25, -0.2) is 0 Å². The molecule has 2 N–H and O–H groups in total. The number of carbonyl (C=O) groups excluding carboxylic acids is 1. The fraction of sp³-hybridized carbons (Fsp3) is 0.312. The number of nitrogens with one attached hydrogen (secondary N) is 2. The minimum absolute atomic E-state index is 0.0766. The Morgan fingerprint density at radius 1 is 1.20 bits per heavy atom. The Morgan fingerprint density at radius 2 is 1.95 bits per heavy atom. The maximum atomic E-state index is 12.4. The zero-order valence-electron chi connectivity index (χ0n) is 12.2. The molecule has 1 aromatic heterocycles. The van der Waals surface area contributed by atoms with Crippen LogP contribution in [0.2, 0.25) is 0 Å². The van der Waals surface area contributed by atoms with E-state index in [1.807, 2.05) is 54.2 Å². The summed E-state index contributed by atoms with van der Waals surface area (Å²) in [7, 11) is 1.89. The summed E-state index contributed by atoms with van der Waals surface area (Å²) in [4.78, 5) is 12.4. The molecule has 0 radical (unpaired) electrons. The molecule has 0 saturated carbocycles. The number of nitrogens with zero attached hydrogens (tertiary/aromatic N) is 1. The molecule has 106 valence electrons. The SMILES string of the molecule is CNCc1ccccc1NC(=O)c1cccn1C(C)C. The minimum atomic E-state index is -0.0766. The molecule has 0 unspecified atom stereocenters. The van der Waals surface area contributed by atoms with Crippen molar-refractivity contribution in [1.82, 2.24) is 9.88 Å². The van der Waals surface area contributed by atoms with Gasteiger partial charge in [0.25, 0.3) is 5.91 Å². The smallest absolute Gasteiger partial charge is 0.272 e. The first kappa shape index (κ1) is 14.3. The molecule has 0 aliphatic carbocycles. The number of hydrogen-bond acceptors (Lipinski definition) is 2. The van der Waals surface area contributed by atoms with Crippen molar-refractivity contribution in [2.45, 2.75) is 26.4 Å². The van der Waals surface area contributed by atoms with Gasteiger partial charge in [-0.3, -0.25) is 4.79 Å². The lowest BCUT2D eigenvalue weighted by Crippen LogP contribution is -2.19. The van der Waals surface area contributed by atoms with Crippen LogP contribution in [0.4, 0.5) is 5.69 Å². The first-order valence-corrected chi connectivity index (χ1v) is 6.84. The highest BCUT2D eigenvalue weighted by Crippen LogP contribution is 2.17. The number of amides is 1. The van der Waals surface area contributed by atoms with E-state index in [1.165, 1.54) is 0 Å². The third-order valence-corrected chi connectivity index (χ3v) is 3.20. The lowest BCUT2D eigenvalue weighted by Gasteiger charge is -2.14. The predicted octanol–water partition coefficient (Wildman–Crippen LogP) is 3.04. The molecular formula is C16H21N3O. The van der Waals surface area contributed by atoms with E-state index >= 15 is 0 Å². The van der Waals surface area contributed by atoms with E-state index in [-0.39, 0.29) is 11.9 Å². The number of carbonyl (C=O) groups is 1. The monoisotopic (exact) mass is 271 g/mol. The lowest BCUT2D eigenvalue weighted by atomic mass is 10.1. The van der Waals surface area contributed by atoms with Crippen LogP contribution in [-0.4, -0.2) is 17.5 Å². The van der Waals surface area contributed by atoms with E-state index in [0.29, 0.717) is 5.69 Å². The molecule has 0 spiro atoms. The highest BCUT2D eigenvalue weighted by Gasteiger charge is 2.13. The van der Waals surface area contributed by atoms with Crippen molar-refractivity contribution >= 4 is 11.6 Å². The van der Waals surface area contributed by atoms with Gasteiger partial charge in [0.05, 0.1) is 0 Å². The van der Waals surface area contributed by atoms with Gasteiger partial charge < -0.3 is 15.2 Å². The molecule has 0 fully saturated rings. The molecule has 0 aliphatic rings. The van der Waals surface area contributed by atoms with Crippen molar-refractivity contribution in [2.75, 3.05) is 12.4 Å². The molecule has 2 rings (SSSR count). The van der Waals surface area contributed by atoms with Gasteiger partial charge in [-0.15, -0.1) is 0 Å². The molecule has 4 nitrogen and oxygen atoms in total. The second-order valence-corrected chi connectivity index (χ2v) is 5.04. The summed E-state index contributed by atoms with van der Waals surface area (Å²) in [5.41, 5.74) is 2.61. The Morgan fingerprint density at radius 3 is 2.65 bits per heavy atom. The van der Waals surface area contributed by atoms with E-state index < -0.39 is 0 Å². The minimum Gasteiger partial charge on any atom is -0.341 e. The van der Waals surface area contributed by atoms with Crippen LogP contribution in [0.15, 0.2) is 42.6 Å². The van der Waals surface area contributed by atoms with Crippen molar-refractivity contribution in [2.24, 2.45) is 0 Å². The third-order valence-electron chi connectivity index (χ3n) is 3.20. The van der Waals surface area contributed by atoms with Crippen LogP contribution < -0.4 is 10.6 Å². The van der Waals surface area contributed by atoms with Gasteiger partial charge >= 0.3 is 0 Å². The van der Waals surface area contributed by atoms with Crippen molar-refractivity contribution in [1.29, 1.82) is 0 Å². The van der Waals surface area contributed by atoms with Crippen molar-refractivity contribution in [3.8, 4) is 0 Å². The molecule has 0 bridgehead atoms.